The highest BCUT2D eigenvalue weighted by molar-refractivity contribution is 6.39. The Morgan fingerprint density at radius 1 is 0.914 bits per heavy atom. The van der Waals surface area contributed by atoms with E-state index >= 15 is 0 Å². The zero-order valence-corrected chi connectivity index (χ0v) is 19.7. The Morgan fingerprint density at radius 2 is 1.63 bits per heavy atom. The lowest BCUT2D eigenvalue weighted by Crippen LogP contribution is -2.54. The van der Waals surface area contributed by atoms with E-state index in [0.717, 1.165) is 10.5 Å². The van der Waals surface area contributed by atoms with Crippen LogP contribution in [0, 0.1) is 0 Å². The Bertz CT molecular complexity index is 1320. The molecule has 8 nitrogen and oxygen atoms in total. The number of hydrogen-bond acceptors (Lipinski definition) is 6. The van der Waals surface area contributed by atoms with Crippen molar-refractivity contribution in [2.24, 2.45) is 0 Å². The lowest BCUT2D eigenvalue weighted by Gasteiger charge is -2.26. The van der Waals surface area contributed by atoms with Crippen LogP contribution >= 0.6 is 11.6 Å². The van der Waals surface area contributed by atoms with Crippen molar-refractivity contribution in [2.75, 3.05) is 19.1 Å². The third kappa shape index (κ3) is 5.12. The van der Waals surface area contributed by atoms with Gasteiger partial charge in [0.05, 0.1) is 19.9 Å². The summed E-state index contributed by atoms with van der Waals surface area (Å²) in [6, 6.07) is 17.8. The maximum atomic E-state index is 13.1. The molecule has 0 aromatic heterocycles. The Balaban J connectivity index is 1.55. The number of urea groups is 1. The average Bonchev–Trinajstić information content (AvgIpc) is 2.86. The van der Waals surface area contributed by atoms with Gasteiger partial charge in [-0.3, -0.25) is 14.9 Å². The number of methoxy groups -OCH3 is 2. The summed E-state index contributed by atoms with van der Waals surface area (Å²) in [5, 5.41) is 2.80. The summed E-state index contributed by atoms with van der Waals surface area (Å²) < 4.78 is 16.2. The smallest absolute Gasteiger partial charge is 0.335 e. The van der Waals surface area contributed by atoms with Gasteiger partial charge in [-0.1, -0.05) is 35.9 Å². The molecule has 35 heavy (non-hydrogen) atoms. The molecule has 0 bridgehead atoms. The van der Waals surface area contributed by atoms with Gasteiger partial charge in [-0.2, -0.15) is 0 Å². The fraction of sp³-hybridized carbons (Fsp3) is 0.115. The van der Waals surface area contributed by atoms with E-state index < -0.39 is 17.8 Å². The maximum absolute atomic E-state index is 13.1. The van der Waals surface area contributed by atoms with Crippen molar-refractivity contribution >= 4 is 41.2 Å². The van der Waals surface area contributed by atoms with Crippen LogP contribution in [-0.4, -0.2) is 32.1 Å². The molecular formula is C26H21ClN2O6. The quantitative estimate of drug-likeness (QED) is 0.382. The normalized spacial score (nSPS) is 14.7. The number of benzene rings is 3. The van der Waals surface area contributed by atoms with Gasteiger partial charge in [0.2, 0.25) is 0 Å². The molecule has 1 fully saturated rings. The largest absolute Gasteiger partial charge is 0.493 e. The molecular weight excluding hydrogens is 472 g/mol. The number of anilines is 1. The first-order valence-electron chi connectivity index (χ1n) is 10.5. The van der Waals surface area contributed by atoms with Crippen LogP contribution in [0.15, 0.2) is 72.3 Å². The van der Waals surface area contributed by atoms with Gasteiger partial charge >= 0.3 is 6.03 Å². The standard InChI is InChI=1S/C26H21ClN2O6/c1-33-22-12-7-16(14-23(22)34-2)13-20-24(30)28-26(32)29(25(20)31)18-8-10-19(11-9-18)35-15-17-5-3-4-6-21(17)27/h3-14H,15H2,1-2H3,(H,28,30,32)/b20-13+. The Hall–Kier alpha value is -4.30. The fourth-order valence-electron chi connectivity index (χ4n) is 3.47. The minimum Gasteiger partial charge on any atom is -0.493 e. The molecule has 0 radical (unpaired) electrons. The predicted octanol–water partition coefficient (Wildman–Crippen LogP) is 4.60. The second kappa shape index (κ2) is 10.3. The maximum Gasteiger partial charge on any atom is 0.335 e. The van der Waals surface area contributed by atoms with Gasteiger partial charge in [-0.05, 0) is 54.1 Å². The number of halogens is 1. The first kappa shape index (κ1) is 23.8. The van der Waals surface area contributed by atoms with Crippen LogP contribution in [0.3, 0.4) is 0 Å². The van der Waals surface area contributed by atoms with Crippen LogP contribution in [0.4, 0.5) is 10.5 Å². The second-order valence-electron chi connectivity index (χ2n) is 7.45. The zero-order valence-electron chi connectivity index (χ0n) is 18.9. The van der Waals surface area contributed by atoms with Crippen LogP contribution in [0.1, 0.15) is 11.1 Å². The van der Waals surface area contributed by atoms with Crippen molar-refractivity contribution < 1.29 is 28.6 Å². The average molecular weight is 493 g/mol. The van der Waals surface area contributed by atoms with E-state index in [4.69, 9.17) is 25.8 Å². The van der Waals surface area contributed by atoms with Gasteiger partial charge in [0, 0.05) is 10.6 Å². The molecule has 1 N–H and O–H groups in total. The Labute approximate surface area is 206 Å². The third-order valence-corrected chi connectivity index (χ3v) is 5.64. The van der Waals surface area contributed by atoms with E-state index in [2.05, 4.69) is 5.32 Å². The molecule has 0 atom stereocenters. The summed E-state index contributed by atoms with van der Waals surface area (Å²) in [7, 11) is 2.99. The highest BCUT2D eigenvalue weighted by Gasteiger charge is 2.36. The number of nitrogens with zero attached hydrogens (tertiary/aromatic N) is 1. The number of carbonyl (C=O) groups excluding carboxylic acids is 3. The van der Waals surface area contributed by atoms with Crippen molar-refractivity contribution in [3.8, 4) is 17.2 Å². The van der Waals surface area contributed by atoms with E-state index in [-0.39, 0.29) is 17.9 Å². The number of hydrogen-bond donors (Lipinski definition) is 1. The van der Waals surface area contributed by atoms with Crippen molar-refractivity contribution in [1.29, 1.82) is 0 Å². The van der Waals surface area contributed by atoms with E-state index in [0.29, 0.717) is 27.8 Å². The van der Waals surface area contributed by atoms with Gasteiger partial charge in [0.15, 0.2) is 11.5 Å². The fourth-order valence-corrected chi connectivity index (χ4v) is 3.66. The van der Waals surface area contributed by atoms with E-state index in [9.17, 15) is 14.4 Å². The van der Waals surface area contributed by atoms with Gasteiger partial charge in [0.1, 0.15) is 17.9 Å². The number of nitrogens with one attached hydrogen (secondary N) is 1. The highest BCUT2D eigenvalue weighted by Crippen LogP contribution is 2.30. The lowest BCUT2D eigenvalue weighted by molar-refractivity contribution is -0.122. The lowest BCUT2D eigenvalue weighted by atomic mass is 10.1. The Kier molecular flexibility index (Phi) is 7.03. The van der Waals surface area contributed by atoms with E-state index in [1.165, 1.54) is 20.3 Å². The van der Waals surface area contributed by atoms with Crippen LogP contribution in [0.2, 0.25) is 5.02 Å². The molecule has 1 heterocycles. The SMILES string of the molecule is COc1ccc(/C=C2\C(=O)NC(=O)N(c3ccc(OCc4ccccc4Cl)cc3)C2=O)cc1OC. The molecule has 1 aliphatic heterocycles. The van der Waals surface area contributed by atoms with Crippen LogP contribution in [0.5, 0.6) is 17.2 Å². The van der Waals surface area contributed by atoms with Crippen molar-refractivity contribution in [3.05, 3.63) is 88.5 Å². The van der Waals surface area contributed by atoms with Crippen LogP contribution in [-0.2, 0) is 16.2 Å². The van der Waals surface area contributed by atoms with Crippen LogP contribution < -0.4 is 24.4 Å². The van der Waals surface area contributed by atoms with Crippen molar-refractivity contribution in [2.45, 2.75) is 6.61 Å². The van der Waals surface area contributed by atoms with Crippen molar-refractivity contribution in [1.82, 2.24) is 5.32 Å². The number of barbiturate groups is 1. The molecule has 0 aliphatic carbocycles. The summed E-state index contributed by atoms with van der Waals surface area (Å²) >= 11 is 6.15. The molecule has 9 heteroatoms. The summed E-state index contributed by atoms with van der Waals surface area (Å²) in [6.07, 6.45) is 1.39. The number of rotatable bonds is 7. The minimum absolute atomic E-state index is 0.198. The molecule has 178 valence electrons. The van der Waals surface area contributed by atoms with Gasteiger partial charge in [-0.25, -0.2) is 9.69 Å². The summed E-state index contributed by atoms with van der Waals surface area (Å²) in [5.74, 6) is -0.0757. The molecule has 3 aromatic rings. The van der Waals surface area contributed by atoms with Gasteiger partial charge < -0.3 is 14.2 Å². The first-order chi connectivity index (χ1) is 16.9. The molecule has 1 saturated heterocycles. The number of amides is 4. The molecule has 4 amide bonds. The molecule has 4 rings (SSSR count). The van der Waals surface area contributed by atoms with Gasteiger partial charge in [0.25, 0.3) is 11.8 Å². The number of imide groups is 2. The third-order valence-electron chi connectivity index (χ3n) is 5.27. The monoisotopic (exact) mass is 492 g/mol. The predicted molar refractivity (Wildman–Crippen MR) is 131 cm³/mol. The molecule has 0 spiro atoms. The van der Waals surface area contributed by atoms with E-state index in [1.54, 1.807) is 48.5 Å². The molecule has 1 aliphatic rings. The minimum atomic E-state index is -0.839. The molecule has 0 unspecified atom stereocenters. The molecule has 3 aromatic carbocycles. The first-order valence-corrected chi connectivity index (χ1v) is 10.9. The summed E-state index contributed by atoms with van der Waals surface area (Å²) in [4.78, 5) is 39.0. The number of carbonyl (C=O) groups is 3. The summed E-state index contributed by atoms with van der Waals surface area (Å²) in [6.45, 7) is 0.259. The zero-order chi connectivity index (χ0) is 24.9. The van der Waals surface area contributed by atoms with E-state index in [1.807, 2.05) is 18.2 Å². The summed E-state index contributed by atoms with van der Waals surface area (Å²) in [5.41, 5.74) is 1.44. The Morgan fingerprint density at radius 3 is 2.31 bits per heavy atom. The highest BCUT2D eigenvalue weighted by atomic mass is 35.5. The number of ether oxygens (including phenoxy) is 3. The molecule has 0 saturated carbocycles. The topological polar surface area (TPSA) is 94.2 Å². The second-order valence-corrected chi connectivity index (χ2v) is 7.85. The van der Waals surface area contributed by atoms with Crippen molar-refractivity contribution in [3.63, 3.8) is 0 Å². The van der Waals surface area contributed by atoms with Gasteiger partial charge in [-0.15, -0.1) is 0 Å². The van der Waals surface area contributed by atoms with Crippen LogP contribution in [0.25, 0.3) is 6.08 Å².